The van der Waals surface area contributed by atoms with Crippen molar-refractivity contribution < 1.29 is 32.2 Å². The van der Waals surface area contributed by atoms with Gasteiger partial charge in [0.2, 0.25) is 5.60 Å². The van der Waals surface area contributed by atoms with Crippen LogP contribution in [0.5, 0.6) is 0 Å². The molecule has 32 heavy (non-hydrogen) atoms. The minimum absolute atomic E-state index is 0.139. The Kier molecular flexibility index (Phi) is 7.03. The van der Waals surface area contributed by atoms with E-state index in [0.29, 0.717) is 19.1 Å². The van der Waals surface area contributed by atoms with Gasteiger partial charge in [0.1, 0.15) is 12.4 Å². The van der Waals surface area contributed by atoms with E-state index >= 15 is 0 Å². The average Bonchev–Trinajstić information content (AvgIpc) is 2.65. The lowest BCUT2D eigenvalue weighted by molar-refractivity contribution is -0.161. The van der Waals surface area contributed by atoms with Crippen LogP contribution in [0.3, 0.4) is 0 Å². The summed E-state index contributed by atoms with van der Waals surface area (Å²) in [7, 11) is 0. The fourth-order valence-corrected chi connectivity index (χ4v) is 2.69. The fraction of sp³-hybridized carbons (Fsp3) is 0.300. The van der Waals surface area contributed by atoms with E-state index in [1.807, 2.05) is 0 Å². The van der Waals surface area contributed by atoms with E-state index in [9.17, 15) is 32.3 Å². The molecule has 1 aromatic carbocycles. The maximum absolute atomic E-state index is 14.5. The Balaban J connectivity index is 2.53. The van der Waals surface area contributed by atoms with Crippen LogP contribution in [-0.2, 0) is 20.2 Å². The van der Waals surface area contributed by atoms with Crippen molar-refractivity contribution in [2.75, 3.05) is 6.61 Å². The number of halogens is 4. The molecule has 0 aliphatic carbocycles. The van der Waals surface area contributed by atoms with Gasteiger partial charge in [-0.05, 0) is 26.0 Å². The highest BCUT2D eigenvalue weighted by molar-refractivity contribution is 6.33. The Morgan fingerprint density at radius 2 is 1.84 bits per heavy atom. The van der Waals surface area contributed by atoms with Gasteiger partial charge < -0.3 is 14.5 Å². The maximum atomic E-state index is 14.5. The predicted molar refractivity (Wildman–Crippen MR) is 108 cm³/mol. The molecule has 0 atom stereocenters. The summed E-state index contributed by atoms with van der Waals surface area (Å²) in [5, 5.41) is -0.451. The molecule has 0 radical (unpaired) electrons. The van der Waals surface area contributed by atoms with Crippen LogP contribution >= 0.6 is 11.6 Å². The molecular formula is C20H18ClF3N2O6. The third-order valence-electron chi connectivity index (χ3n) is 4.07. The molecule has 2 rings (SSSR count). The number of aromatic amines is 1. The van der Waals surface area contributed by atoms with Gasteiger partial charge in [0.05, 0.1) is 22.0 Å². The molecule has 1 N–H and O–H groups in total. The van der Waals surface area contributed by atoms with Crippen LogP contribution in [-0.4, -0.2) is 33.7 Å². The van der Waals surface area contributed by atoms with Gasteiger partial charge in [0.15, 0.2) is 0 Å². The number of carbonyl (C=O) groups excluding carboxylic acids is 2. The smallest absolute Gasteiger partial charge is 0.350 e. The molecule has 8 nitrogen and oxygen atoms in total. The second-order valence-corrected chi connectivity index (χ2v) is 7.53. The summed E-state index contributed by atoms with van der Waals surface area (Å²) >= 11 is 5.90. The van der Waals surface area contributed by atoms with Gasteiger partial charge in [-0.15, -0.1) is 0 Å². The highest BCUT2D eigenvalue weighted by atomic mass is 35.5. The molecule has 0 spiro atoms. The highest BCUT2D eigenvalue weighted by Gasteiger charge is 2.35. The van der Waals surface area contributed by atoms with Crippen LogP contribution in [0, 0.1) is 5.82 Å². The number of ether oxygens (including phenoxy) is 2. The van der Waals surface area contributed by atoms with Crippen LogP contribution in [0.2, 0.25) is 5.02 Å². The molecule has 0 aliphatic heterocycles. The van der Waals surface area contributed by atoms with Gasteiger partial charge >= 0.3 is 17.6 Å². The van der Waals surface area contributed by atoms with Gasteiger partial charge in [0, 0.05) is 13.0 Å². The number of esters is 2. The number of nitrogens with one attached hydrogen (secondary N) is 1. The second-order valence-electron chi connectivity index (χ2n) is 7.12. The number of hydrogen-bond donors (Lipinski definition) is 1. The van der Waals surface area contributed by atoms with E-state index < -0.39 is 62.5 Å². The number of nitrogens with zero attached hydrogens (tertiary/aromatic N) is 1. The third kappa shape index (κ3) is 5.28. The molecule has 0 saturated carbocycles. The lowest BCUT2D eigenvalue weighted by atomic mass is 10.1. The summed E-state index contributed by atoms with van der Waals surface area (Å²) in [5.74, 6) is -6.83. The summed E-state index contributed by atoms with van der Waals surface area (Å²) in [4.78, 5) is 50.9. The van der Waals surface area contributed by atoms with Crippen molar-refractivity contribution >= 4 is 23.5 Å². The Morgan fingerprint density at radius 1 is 1.22 bits per heavy atom. The van der Waals surface area contributed by atoms with Gasteiger partial charge in [-0.1, -0.05) is 24.3 Å². The minimum atomic E-state index is -3.53. The quantitative estimate of drug-likeness (QED) is 0.488. The zero-order valence-electron chi connectivity index (χ0n) is 17.1. The molecule has 0 amide bonds. The van der Waals surface area contributed by atoms with Crippen LogP contribution in [0.4, 0.5) is 13.2 Å². The van der Waals surface area contributed by atoms with Crippen molar-refractivity contribution in [2.45, 2.75) is 32.3 Å². The maximum Gasteiger partial charge on any atom is 0.350 e. The van der Waals surface area contributed by atoms with Crippen LogP contribution < -0.4 is 11.2 Å². The molecule has 0 unspecified atom stereocenters. The lowest BCUT2D eigenvalue weighted by Gasteiger charge is -2.23. The number of H-pyrrole nitrogens is 1. The standard InChI is InChI=1S/C20H18ClF3N2O6/c1-5-6-31-17(29)19(2,3)32-16(28)10-7-13(12(22)8-11(10)21)26-15(27)9-14(20(4,23)24)25-18(26)30/h5,7-9H,1,6H2,2-4H3,(H,25,30). The highest BCUT2D eigenvalue weighted by Crippen LogP contribution is 2.26. The van der Waals surface area contributed by atoms with Crippen molar-refractivity contribution in [3.8, 4) is 5.69 Å². The van der Waals surface area contributed by atoms with Crippen molar-refractivity contribution in [2.24, 2.45) is 0 Å². The summed E-state index contributed by atoms with van der Waals surface area (Å²) < 4.78 is 51.5. The summed E-state index contributed by atoms with van der Waals surface area (Å²) in [6, 6.07) is 1.78. The van der Waals surface area contributed by atoms with Crippen LogP contribution in [0.25, 0.3) is 5.69 Å². The first-order valence-electron chi connectivity index (χ1n) is 8.94. The fourth-order valence-electron chi connectivity index (χ4n) is 2.46. The molecular weight excluding hydrogens is 457 g/mol. The first-order valence-corrected chi connectivity index (χ1v) is 9.32. The average molecular weight is 475 g/mol. The van der Waals surface area contributed by atoms with E-state index in [0.717, 1.165) is 6.07 Å². The first kappa shape index (κ1) is 24.9. The number of rotatable bonds is 7. The van der Waals surface area contributed by atoms with E-state index in [-0.39, 0.29) is 11.2 Å². The Hall–Kier alpha value is -3.34. The molecule has 0 fully saturated rings. The topological polar surface area (TPSA) is 107 Å². The molecule has 1 aromatic heterocycles. The van der Waals surface area contributed by atoms with E-state index in [4.69, 9.17) is 21.1 Å². The van der Waals surface area contributed by atoms with E-state index in [1.54, 1.807) is 4.98 Å². The number of aromatic nitrogens is 2. The van der Waals surface area contributed by atoms with Crippen molar-refractivity contribution in [1.29, 1.82) is 0 Å². The minimum Gasteiger partial charge on any atom is -0.459 e. The van der Waals surface area contributed by atoms with Gasteiger partial charge in [-0.2, -0.15) is 0 Å². The predicted octanol–water partition coefficient (Wildman–Crippen LogP) is 3.09. The van der Waals surface area contributed by atoms with Gasteiger partial charge in [-0.25, -0.2) is 32.1 Å². The molecule has 2 aromatic rings. The van der Waals surface area contributed by atoms with Crippen molar-refractivity contribution in [3.05, 3.63) is 73.8 Å². The number of hydrogen-bond acceptors (Lipinski definition) is 6. The lowest BCUT2D eigenvalue weighted by Crippen LogP contribution is -2.39. The Bertz CT molecular complexity index is 1170. The van der Waals surface area contributed by atoms with Crippen LogP contribution in [0.15, 0.2) is 40.4 Å². The largest absolute Gasteiger partial charge is 0.459 e. The van der Waals surface area contributed by atoms with Gasteiger partial charge in [-0.3, -0.25) is 4.79 Å². The van der Waals surface area contributed by atoms with Gasteiger partial charge in [0.25, 0.3) is 11.5 Å². The molecule has 1 heterocycles. The zero-order chi connectivity index (χ0) is 24.4. The summed E-state index contributed by atoms with van der Waals surface area (Å²) in [5.41, 5.74) is -6.64. The Labute approximate surface area is 184 Å². The van der Waals surface area contributed by atoms with Crippen molar-refractivity contribution in [3.63, 3.8) is 0 Å². The zero-order valence-corrected chi connectivity index (χ0v) is 17.9. The molecule has 12 heteroatoms. The number of alkyl halides is 2. The molecule has 0 saturated heterocycles. The van der Waals surface area contributed by atoms with E-state index in [1.165, 1.54) is 19.9 Å². The van der Waals surface area contributed by atoms with Crippen molar-refractivity contribution in [1.82, 2.24) is 9.55 Å². The SMILES string of the molecule is C=CCOC(=O)C(C)(C)OC(=O)c1cc(-n2c(=O)cc(C(C)(F)F)[nH]c2=O)c(F)cc1Cl. The van der Waals surface area contributed by atoms with E-state index in [2.05, 4.69) is 6.58 Å². The normalized spacial score (nSPS) is 11.7. The van der Waals surface area contributed by atoms with Crippen LogP contribution in [0.1, 0.15) is 36.8 Å². The Morgan fingerprint density at radius 3 is 2.38 bits per heavy atom. The number of benzene rings is 1. The summed E-state index contributed by atoms with van der Waals surface area (Å²) in [6.07, 6.45) is 1.30. The first-order chi connectivity index (χ1) is 14.7. The number of carbonyl (C=O) groups is 2. The third-order valence-corrected chi connectivity index (χ3v) is 4.39. The molecule has 172 valence electrons. The molecule has 0 aliphatic rings. The molecule has 0 bridgehead atoms. The summed E-state index contributed by atoms with van der Waals surface area (Å²) in [6.45, 7) is 6.16. The monoisotopic (exact) mass is 474 g/mol. The second kappa shape index (κ2) is 9.03.